The van der Waals surface area contributed by atoms with Crippen molar-refractivity contribution in [2.75, 3.05) is 11.9 Å². The number of carbonyl (C=O) groups is 1. The van der Waals surface area contributed by atoms with Crippen LogP contribution in [0.25, 0.3) is 0 Å². The molecule has 2 aromatic rings. The topological polar surface area (TPSA) is 95.5 Å². The molecular weight excluding hydrogens is 316 g/mol. The Kier molecular flexibility index (Phi) is 5.36. The monoisotopic (exact) mass is 334 g/mol. The molecule has 0 aliphatic carbocycles. The second-order valence-electron chi connectivity index (χ2n) is 5.03. The molecule has 0 saturated carbocycles. The summed E-state index contributed by atoms with van der Waals surface area (Å²) in [6, 6.07) is 12.8. The fourth-order valence-corrected chi connectivity index (χ4v) is 2.99. The summed E-state index contributed by atoms with van der Waals surface area (Å²) >= 11 is 0. The first kappa shape index (κ1) is 17.0. The third-order valence-electron chi connectivity index (χ3n) is 3.12. The Morgan fingerprint density at radius 2 is 1.83 bits per heavy atom. The number of aryl methyl sites for hydroxylation is 1. The molecule has 0 aliphatic rings. The molecule has 2 aromatic carbocycles. The van der Waals surface area contributed by atoms with Crippen molar-refractivity contribution in [2.45, 2.75) is 18.2 Å². The lowest BCUT2D eigenvalue weighted by Crippen LogP contribution is -2.27. The molecule has 0 atom stereocenters. The second kappa shape index (κ2) is 7.26. The van der Waals surface area contributed by atoms with Gasteiger partial charge in [-0.05, 0) is 36.8 Å². The molecule has 2 rings (SSSR count). The molecule has 122 valence electrons. The lowest BCUT2D eigenvalue weighted by molar-refractivity contribution is -0.116. The zero-order valence-corrected chi connectivity index (χ0v) is 13.4. The number of anilines is 1. The van der Waals surface area contributed by atoms with Crippen LogP contribution in [0, 0.1) is 6.92 Å². The fourth-order valence-electron chi connectivity index (χ4n) is 1.94. The predicted octanol–water partition coefficient (Wildman–Crippen LogP) is 2.01. The molecule has 0 aromatic heterocycles. The minimum absolute atomic E-state index is 0.0248. The van der Waals surface area contributed by atoms with Crippen LogP contribution in [0.15, 0.2) is 53.4 Å². The Bertz CT molecular complexity index is 789. The van der Waals surface area contributed by atoms with Gasteiger partial charge in [-0.15, -0.1) is 0 Å². The van der Waals surface area contributed by atoms with Crippen LogP contribution in [0.5, 0.6) is 5.75 Å². The highest BCUT2D eigenvalue weighted by atomic mass is 32.2. The number of aromatic hydroxyl groups is 1. The predicted molar refractivity (Wildman–Crippen MR) is 87.7 cm³/mol. The molecule has 3 N–H and O–H groups in total. The summed E-state index contributed by atoms with van der Waals surface area (Å²) in [7, 11) is -3.62. The fraction of sp³-hybridized carbons (Fsp3) is 0.188. The standard InChI is InChI=1S/C16H18N2O4S/c1-12-7-8-14(15(19)11-12)18-16(20)9-10-17-23(21,22)13-5-3-2-4-6-13/h2-8,11,17,19H,9-10H2,1H3,(H,18,20). The molecule has 0 spiro atoms. The van der Waals surface area contributed by atoms with E-state index >= 15 is 0 Å². The maximum Gasteiger partial charge on any atom is 0.240 e. The SMILES string of the molecule is Cc1ccc(NC(=O)CCNS(=O)(=O)c2ccccc2)c(O)c1. The van der Waals surface area contributed by atoms with Crippen LogP contribution in [-0.2, 0) is 14.8 Å². The minimum atomic E-state index is -3.62. The molecular formula is C16H18N2O4S. The molecule has 0 fully saturated rings. The molecule has 0 saturated heterocycles. The zero-order valence-electron chi connectivity index (χ0n) is 12.6. The number of hydrogen-bond donors (Lipinski definition) is 3. The summed E-state index contributed by atoms with van der Waals surface area (Å²) in [6.07, 6.45) is -0.0423. The normalized spacial score (nSPS) is 11.2. The number of rotatable bonds is 6. The van der Waals surface area contributed by atoms with Crippen LogP contribution in [0.3, 0.4) is 0 Å². The molecule has 1 amide bonds. The van der Waals surface area contributed by atoms with Gasteiger partial charge < -0.3 is 10.4 Å². The molecule has 0 heterocycles. The van der Waals surface area contributed by atoms with Crippen molar-refractivity contribution in [3.05, 3.63) is 54.1 Å². The van der Waals surface area contributed by atoms with Gasteiger partial charge in [-0.25, -0.2) is 13.1 Å². The molecule has 0 bridgehead atoms. The largest absolute Gasteiger partial charge is 0.506 e. The van der Waals surface area contributed by atoms with E-state index in [1.807, 2.05) is 6.92 Å². The molecule has 7 heteroatoms. The Balaban J connectivity index is 1.88. The van der Waals surface area contributed by atoms with E-state index in [1.165, 1.54) is 18.2 Å². The second-order valence-corrected chi connectivity index (χ2v) is 6.80. The molecule has 6 nitrogen and oxygen atoms in total. The number of phenolic OH excluding ortho intramolecular Hbond substituents is 1. The van der Waals surface area contributed by atoms with Gasteiger partial charge in [-0.1, -0.05) is 24.3 Å². The minimum Gasteiger partial charge on any atom is -0.506 e. The van der Waals surface area contributed by atoms with Gasteiger partial charge in [-0.2, -0.15) is 0 Å². The number of amides is 1. The lowest BCUT2D eigenvalue weighted by Gasteiger charge is -2.09. The summed E-state index contributed by atoms with van der Waals surface area (Å²) in [6.45, 7) is 1.79. The van der Waals surface area contributed by atoms with E-state index in [1.54, 1.807) is 30.3 Å². The van der Waals surface area contributed by atoms with Crippen molar-refractivity contribution in [1.82, 2.24) is 4.72 Å². The first-order chi connectivity index (χ1) is 10.9. The van der Waals surface area contributed by atoms with Gasteiger partial charge in [-0.3, -0.25) is 4.79 Å². The zero-order chi connectivity index (χ0) is 16.9. The van der Waals surface area contributed by atoms with Crippen LogP contribution < -0.4 is 10.0 Å². The molecule has 0 radical (unpaired) electrons. The van der Waals surface area contributed by atoms with Crippen LogP contribution >= 0.6 is 0 Å². The first-order valence-electron chi connectivity index (χ1n) is 7.03. The maximum atomic E-state index is 12.0. The van der Waals surface area contributed by atoms with Crippen molar-refractivity contribution in [3.8, 4) is 5.75 Å². The summed E-state index contributed by atoms with van der Waals surface area (Å²) in [5.41, 5.74) is 1.17. The first-order valence-corrected chi connectivity index (χ1v) is 8.51. The van der Waals surface area contributed by atoms with Crippen molar-refractivity contribution in [3.63, 3.8) is 0 Å². The summed E-state index contributed by atoms with van der Waals surface area (Å²) < 4.78 is 26.3. The highest BCUT2D eigenvalue weighted by Crippen LogP contribution is 2.23. The van der Waals surface area contributed by atoms with Crippen molar-refractivity contribution >= 4 is 21.6 Å². The van der Waals surface area contributed by atoms with Crippen LogP contribution in [-0.4, -0.2) is 26.0 Å². The van der Waals surface area contributed by atoms with E-state index < -0.39 is 10.0 Å². The van der Waals surface area contributed by atoms with Gasteiger partial charge in [0.05, 0.1) is 10.6 Å². The Labute approximate surface area is 135 Å². The van der Waals surface area contributed by atoms with Gasteiger partial charge in [0.25, 0.3) is 0 Å². The van der Waals surface area contributed by atoms with E-state index in [9.17, 15) is 18.3 Å². The van der Waals surface area contributed by atoms with Gasteiger partial charge in [0.15, 0.2) is 0 Å². The molecule has 0 unspecified atom stereocenters. The number of benzene rings is 2. The van der Waals surface area contributed by atoms with E-state index in [0.717, 1.165) is 5.56 Å². The van der Waals surface area contributed by atoms with Gasteiger partial charge in [0.1, 0.15) is 5.75 Å². The van der Waals surface area contributed by atoms with E-state index in [4.69, 9.17) is 0 Å². The summed E-state index contributed by atoms with van der Waals surface area (Å²) in [5, 5.41) is 12.3. The highest BCUT2D eigenvalue weighted by molar-refractivity contribution is 7.89. The van der Waals surface area contributed by atoms with Gasteiger partial charge in [0.2, 0.25) is 15.9 Å². The van der Waals surface area contributed by atoms with Gasteiger partial charge in [0, 0.05) is 13.0 Å². The maximum absolute atomic E-state index is 12.0. The summed E-state index contributed by atoms with van der Waals surface area (Å²) in [5.74, 6) is -0.414. The van der Waals surface area contributed by atoms with Crippen LogP contribution in [0.2, 0.25) is 0 Å². The quantitative estimate of drug-likeness (QED) is 0.704. The number of hydrogen-bond acceptors (Lipinski definition) is 4. The lowest BCUT2D eigenvalue weighted by atomic mass is 10.2. The Morgan fingerprint density at radius 3 is 2.48 bits per heavy atom. The van der Waals surface area contributed by atoms with E-state index in [-0.39, 0.29) is 29.5 Å². The van der Waals surface area contributed by atoms with Crippen molar-refractivity contribution < 1.29 is 18.3 Å². The van der Waals surface area contributed by atoms with E-state index in [0.29, 0.717) is 5.69 Å². The Hall–Kier alpha value is -2.38. The molecule has 23 heavy (non-hydrogen) atoms. The molecule has 0 aliphatic heterocycles. The third kappa shape index (κ3) is 4.80. The third-order valence-corrected chi connectivity index (χ3v) is 4.60. The average Bonchev–Trinajstić information content (AvgIpc) is 2.51. The number of phenols is 1. The number of carbonyl (C=O) groups excluding carboxylic acids is 1. The smallest absolute Gasteiger partial charge is 0.240 e. The van der Waals surface area contributed by atoms with Crippen molar-refractivity contribution in [1.29, 1.82) is 0 Å². The van der Waals surface area contributed by atoms with Crippen LogP contribution in [0.4, 0.5) is 5.69 Å². The van der Waals surface area contributed by atoms with Gasteiger partial charge >= 0.3 is 0 Å². The highest BCUT2D eigenvalue weighted by Gasteiger charge is 2.13. The van der Waals surface area contributed by atoms with Crippen LogP contribution in [0.1, 0.15) is 12.0 Å². The van der Waals surface area contributed by atoms with Crippen molar-refractivity contribution in [2.24, 2.45) is 0 Å². The number of sulfonamides is 1. The average molecular weight is 334 g/mol. The summed E-state index contributed by atoms with van der Waals surface area (Å²) in [4.78, 5) is 12.0. The van der Waals surface area contributed by atoms with E-state index in [2.05, 4.69) is 10.0 Å². The number of nitrogens with one attached hydrogen (secondary N) is 2. The Morgan fingerprint density at radius 1 is 1.13 bits per heavy atom.